The Morgan fingerprint density at radius 1 is 0.720 bits per heavy atom. The predicted octanol–water partition coefficient (Wildman–Crippen LogP) is 7.88. The van der Waals surface area contributed by atoms with Crippen molar-refractivity contribution in [3.8, 4) is 0 Å². The van der Waals surface area contributed by atoms with Crippen LogP contribution in [0.3, 0.4) is 0 Å². The van der Waals surface area contributed by atoms with Gasteiger partial charge in [0, 0.05) is 0 Å². The van der Waals surface area contributed by atoms with Crippen molar-refractivity contribution in [1.29, 1.82) is 0 Å². The molecule has 0 aliphatic heterocycles. The zero-order valence-electron chi connectivity index (χ0n) is 16.9. The number of aliphatic hydroxyl groups is 1. The maximum absolute atomic E-state index is 10.0. The molecule has 0 saturated heterocycles. The second-order valence-electron chi connectivity index (χ2n) is 7.70. The molecule has 0 fully saturated rings. The quantitative estimate of drug-likeness (QED) is 0.290. The lowest BCUT2D eigenvalue weighted by atomic mass is 10.0. The maximum Gasteiger partial charge on any atom is 0.132 e. The summed E-state index contributed by atoms with van der Waals surface area (Å²) in [5, 5.41) is 10.0. The molecule has 0 radical (unpaired) electrons. The minimum absolute atomic E-state index is 0.421. The van der Waals surface area contributed by atoms with Gasteiger partial charge in [-0.05, 0) is 25.5 Å². The molecule has 25 heavy (non-hydrogen) atoms. The summed E-state index contributed by atoms with van der Waals surface area (Å²) in [6, 6.07) is 3.82. The van der Waals surface area contributed by atoms with Gasteiger partial charge in [-0.1, -0.05) is 103 Å². The summed E-state index contributed by atoms with van der Waals surface area (Å²) < 4.78 is 5.47. The van der Waals surface area contributed by atoms with Crippen molar-refractivity contribution in [2.24, 2.45) is 0 Å². The normalized spacial score (nSPS) is 12.6. The van der Waals surface area contributed by atoms with Crippen LogP contribution in [0.4, 0.5) is 0 Å². The SMILES string of the molecule is CCCCCCCCCCCCCCCCCC(O)c1ccc(C)o1. The fourth-order valence-electron chi connectivity index (χ4n) is 3.48. The van der Waals surface area contributed by atoms with Gasteiger partial charge < -0.3 is 9.52 Å². The number of unbranched alkanes of at least 4 members (excludes halogenated alkanes) is 14. The third-order valence-corrected chi connectivity index (χ3v) is 5.17. The third kappa shape index (κ3) is 12.3. The molecule has 1 aromatic heterocycles. The van der Waals surface area contributed by atoms with Gasteiger partial charge in [0.15, 0.2) is 0 Å². The van der Waals surface area contributed by atoms with Gasteiger partial charge in [-0.15, -0.1) is 0 Å². The Hall–Kier alpha value is -0.760. The lowest BCUT2D eigenvalue weighted by molar-refractivity contribution is 0.135. The van der Waals surface area contributed by atoms with Crippen LogP contribution < -0.4 is 0 Å². The van der Waals surface area contributed by atoms with E-state index in [1.54, 1.807) is 0 Å². The number of hydrogen-bond donors (Lipinski definition) is 1. The molecule has 1 rings (SSSR count). The largest absolute Gasteiger partial charge is 0.464 e. The number of aliphatic hydroxyl groups excluding tert-OH is 1. The topological polar surface area (TPSA) is 33.4 Å². The van der Waals surface area contributed by atoms with E-state index in [9.17, 15) is 5.11 Å². The standard InChI is InChI=1S/C23H42O2/c1-3-4-5-6-7-8-9-10-11-12-13-14-15-16-17-18-22(24)23-20-19-21(2)25-23/h19-20,22,24H,3-18H2,1-2H3. The Balaban J connectivity index is 1.77. The fourth-order valence-corrected chi connectivity index (χ4v) is 3.48. The van der Waals surface area contributed by atoms with Gasteiger partial charge in [0.1, 0.15) is 17.6 Å². The van der Waals surface area contributed by atoms with Crippen molar-refractivity contribution in [1.82, 2.24) is 0 Å². The van der Waals surface area contributed by atoms with E-state index in [4.69, 9.17) is 4.42 Å². The number of furan rings is 1. The van der Waals surface area contributed by atoms with Gasteiger partial charge in [0.05, 0.1) is 0 Å². The van der Waals surface area contributed by atoms with Gasteiger partial charge in [-0.3, -0.25) is 0 Å². The smallest absolute Gasteiger partial charge is 0.132 e. The van der Waals surface area contributed by atoms with Gasteiger partial charge in [0.25, 0.3) is 0 Å². The molecule has 0 bridgehead atoms. The zero-order valence-corrected chi connectivity index (χ0v) is 16.9. The van der Waals surface area contributed by atoms with E-state index in [0.717, 1.165) is 24.4 Å². The van der Waals surface area contributed by atoms with Gasteiger partial charge in [0.2, 0.25) is 0 Å². The average molecular weight is 351 g/mol. The summed E-state index contributed by atoms with van der Waals surface area (Å²) in [6.45, 7) is 4.20. The molecule has 0 saturated carbocycles. The Kier molecular flexibility index (Phi) is 13.8. The highest BCUT2D eigenvalue weighted by Gasteiger charge is 2.10. The lowest BCUT2D eigenvalue weighted by Gasteiger charge is -2.07. The summed E-state index contributed by atoms with van der Waals surface area (Å²) in [7, 11) is 0. The molecule has 0 aliphatic carbocycles. The third-order valence-electron chi connectivity index (χ3n) is 5.17. The highest BCUT2D eigenvalue weighted by atomic mass is 16.4. The summed E-state index contributed by atoms with van der Waals surface area (Å²) in [4.78, 5) is 0. The Morgan fingerprint density at radius 3 is 1.56 bits per heavy atom. The van der Waals surface area contributed by atoms with Gasteiger partial charge >= 0.3 is 0 Å². The summed E-state index contributed by atoms with van der Waals surface area (Å²) in [5.74, 6) is 1.61. The molecule has 2 nitrogen and oxygen atoms in total. The van der Waals surface area contributed by atoms with Crippen molar-refractivity contribution in [2.75, 3.05) is 0 Å². The first-order valence-electron chi connectivity index (χ1n) is 11.0. The van der Waals surface area contributed by atoms with Crippen LogP contribution in [0.1, 0.15) is 127 Å². The van der Waals surface area contributed by atoms with E-state index in [0.29, 0.717) is 0 Å². The Labute approximate surface area is 156 Å². The molecule has 1 N–H and O–H groups in total. The second-order valence-corrected chi connectivity index (χ2v) is 7.70. The minimum Gasteiger partial charge on any atom is -0.464 e. The molecule has 2 heteroatoms. The highest BCUT2D eigenvalue weighted by Crippen LogP contribution is 2.22. The van der Waals surface area contributed by atoms with E-state index < -0.39 is 6.10 Å². The molecule has 1 atom stereocenters. The van der Waals surface area contributed by atoms with Crippen LogP contribution in [0.15, 0.2) is 16.5 Å². The average Bonchev–Trinajstić information content (AvgIpc) is 3.04. The van der Waals surface area contributed by atoms with E-state index in [1.165, 1.54) is 89.9 Å². The van der Waals surface area contributed by atoms with E-state index in [-0.39, 0.29) is 0 Å². The molecule has 0 aromatic carbocycles. The van der Waals surface area contributed by atoms with Crippen molar-refractivity contribution in [2.45, 2.75) is 123 Å². The van der Waals surface area contributed by atoms with Crippen LogP contribution in [0, 0.1) is 6.92 Å². The van der Waals surface area contributed by atoms with E-state index in [2.05, 4.69) is 6.92 Å². The first kappa shape index (κ1) is 22.3. The van der Waals surface area contributed by atoms with Gasteiger partial charge in [-0.25, -0.2) is 0 Å². The molecule has 1 aromatic rings. The van der Waals surface area contributed by atoms with Crippen LogP contribution >= 0.6 is 0 Å². The number of rotatable bonds is 17. The minimum atomic E-state index is -0.421. The Bertz CT molecular complexity index is 397. The first-order chi connectivity index (χ1) is 12.2. The van der Waals surface area contributed by atoms with E-state index >= 15 is 0 Å². The number of aryl methyl sites for hydroxylation is 1. The molecule has 1 heterocycles. The van der Waals surface area contributed by atoms with Crippen molar-refractivity contribution in [3.63, 3.8) is 0 Å². The first-order valence-corrected chi connectivity index (χ1v) is 11.0. The molecule has 146 valence electrons. The van der Waals surface area contributed by atoms with Crippen LogP contribution in [0.25, 0.3) is 0 Å². The van der Waals surface area contributed by atoms with E-state index in [1.807, 2.05) is 19.1 Å². The lowest BCUT2D eigenvalue weighted by Crippen LogP contribution is -1.95. The van der Waals surface area contributed by atoms with Crippen molar-refractivity contribution < 1.29 is 9.52 Å². The van der Waals surface area contributed by atoms with Crippen molar-refractivity contribution >= 4 is 0 Å². The molecule has 0 aliphatic rings. The summed E-state index contributed by atoms with van der Waals surface area (Å²) in [6.07, 6.45) is 21.0. The van der Waals surface area contributed by atoms with Crippen LogP contribution in [-0.2, 0) is 0 Å². The molecule has 1 unspecified atom stereocenters. The monoisotopic (exact) mass is 350 g/mol. The molecular weight excluding hydrogens is 308 g/mol. The second kappa shape index (κ2) is 15.5. The molecular formula is C23H42O2. The number of hydrogen-bond acceptors (Lipinski definition) is 2. The van der Waals surface area contributed by atoms with Crippen LogP contribution in [0.5, 0.6) is 0 Å². The molecule has 0 spiro atoms. The fraction of sp³-hybridized carbons (Fsp3) is 0.826. The predicted molar refractivity (Wildman–Crippen MR) is 108 cm³/mol. The van der Waals surface area contributed by atoms with Crippen LogP contribution in [0.2, 0.25) is 0 Å². The highest BCUT2D eigenvalue weighted by molar-refractivity contribution is 5.07. The Morgan fingerprint density at radius 2 is 1.16 bits per heavy atom. The molecule has 0 amide bonds. The van der Waals surface area contributed by atoms with Gasteiger partial charge in [-0.2, -0.15) is 0 Å². The van der Waals surface area contributed by atoms with Crippen LogP contribution in [-0.4, -0.2) is 5.11 Å². The summed E-state index contributed by atoms with van der Waals surface area (Å²) >= 11 is 0. The maximum atomic E-state index is 10.0. The van der Waals surface area contributed by atoms with Crippen molar-refractivity contribution in [3.05, 3.63) is 23.7 Å². The summed E-state index contributed by atoms with van der Waals surface area (Å²) in [5.41, 5.74) is 0. The zero-order chi connectivity index (χ0) is 18.2.